The highest BCUT2D eigenvalue weighted by Gasteiger charge is 2.22. The molecule has 0 aliphatic carbocycles. The highest BCUT2D eigenvalue weighted by molar-refractivity contribution is 8.00. The van der Waals surface area contributed by atoms with Gasteiger partial charge in [-0.3, -0.25) is 19.7 Å². The van der Waals surface area contributed by atoms with E-state index in [9.17, 15) is 19.7 Å². The second-order valence-corrected chi connectivity index (χ2v) is 9.09. The van der Waals surface area contributed by atoms with Crippen LogP contribution >= 0.6 is 11.8 Å². The van der Waals surface area contributed by atoms with Crippen LogP contribution in [0.5, 0.6) is 5.75 Å². The van der Waals surface area contributed by atoms with Gasteiger partial charge in [-0.1, -0.05) is 30.3 Å². The number of nitro benzene ring substituents is 1. The molecule has 1 atom stereocenters. The fraction of sp³-hybridized carbons (Fsp3) is 0.0714. The number of methoxy groups -OCH3 is 1. The van der Waals surface area contributed by atoms with Crippen LogP contribution in [-0.2, 0) is 4.79 Å². The molecule has 1 unspecified atom stereocenters. The summed E-state index contributed by atoms with van der Waals surface area (Å²) < 4.78 is 5.17. The second-order valence-electron chi connectivity index (χ2n) is 7.91. The number of nitro groups is 1. The van der Waals surface area contributed by atoms with Crippen LogP contribution in [0, 0.1) is 10.1 Å². The molecule has 0 spiro atoms. The van der Waals surface area contributed by atoms with Gasteiger partial charge in [-0.25, -0.2) is 0 Å². The van der Waals surface area contributed by atoms with Gasteiger partial charge in [0.1, 0.15) is 11.0 Å². The first-order chi connectivity index (χ1) is 17.9. The van der Waals surface area contributed by atoms with E-state index in [0.717, 1.165) is 10.5 Å². The minimum Gasteiger partial charge on any atom is -0.497 e. The molecular formula is C28H23N3O5S. The second kappa shape index (κ2) is 11.9. The quantitative estimate of drug-likeness (QED) is 0.154. The summed E-state index contributed by atoms with van der Waals surface area (Å²) in [5.74, 6) is 0.154. The van der Waals surface area contributed by atoms with E-state index in [1.165, 1.54) is 36.0 Å². The lowest BCUT2D eigenvalue weighted by atomic mass is 10.1. The normalized spacial score (nSPS) is 11.3. The number of anilines is 2. The molecule has 2 N–H and O–H groups in total. The van der Waals surface area contributed by atoms with Gasteiger partial charge in [0.05, 0.1) is 12.0 Å². The van der Waals surface area contributed by atoms with Crippen LogP contribution < -0.4 is 15.4 Å². The van der Waals surface area contributed by atoms with Crippen LogP contribution in [0.1, 0.15) is 21.2 Å². The van der Waals surface area contributed by atoms with Crippen LogP contribution in [0.25, 0.3) is 0 Å². The number of amides is 2. The van der Waals surface area contributed by atoms with Gasteiger partial charge in [0.25, 0.3) is 11.6 Å². The number of ether oxygens (including phenoxy) is 1. The van der Waals surface area contributed by atoms with Gasteiger partial charge in [0.2, 0.25) is 5.91 Å². The van der Waals surface area contributed by atoms with Crippen molar-refractivity contribution in [2.24, 2.45) is 0 Å². The van der Waals surface area contributed by atoms with Crippen LogP contribution in [0.3, 0.4) is 0 Å². The first-order valence-corrected chi connectivity index (χ1v) is 12.1. The molecule has 0 aliphatic rings. The van der Waals surface area contributed by atoms with Gasteiger partial charge in [-0.2, -0.15) is 0 Å². The summed E-state index contributed by atoms with van der Waals surface area (Å²) in [6.45, 7) is 0. The lowest BCUT2D eigenvalue weighted by Crippen LogP contribution is -2.19. The van der Waals surface area contributed by atoms with Crippen molar-refractivity contribution in [1.29, 1.82) is 0 Å². The molecule has 0 fully saturated rings. The topological polar surface area (TPSA) is 111 Å². The maximum atomic E-state index is 13.2. The lowest BCUT2D eigenvalue weighted by Gasteiger charge is -2.17. The highest BCUT2D eigenvalue weighted by atomic mass is 32.2. The Morgan fingerprint density at radius 2 is 1.41 bits per heavy atom. The minimum atomic E-state index is -0.516. The van der Waals surface area contributed by atoms with Crippen molar-refractivity contribution in [2.45, 2.75) is 10.1 Å². The van der Waals surface area contributed by atoms with Crippen molar-refractivity contribution in [3.8, 4) is 5.75 Å². The average molecular weight is 514 g/mol. The van der Waals surface area contributed by atoms with Crippen molar-refractivity contribution in [3.05, 3.63) is 124 Å². The number of thioether (sulfide) groups is 1. The Bertz CT molecular complexity index is 1380. The molecule has 2 amide bonds. The summed E-state index contributed by atoms with van der Waals surface area (Å²) in [5.41, 5.74) is 2.31. The predicted molar refractivity (Wildman–Crippen MR) is 144 cm³/mol. The van der Waals surface area contributed by atoms with E-state index in [2.05, 4.69) is 10.6 Å². The van der Waals surface area contributed by atoms with Crippen molar-refractivity contribution < 1.29 is 19.2 Å². The molecule has 37 heavy (non-hydrogen) atoms. The number of benzene rings is 4. The van der Waals surface area contributed by atoms with Crippen LogP contribution in [-0.4, -0.2) is 23.8 Å². The smallest absolute Gasteiger partial charge is 0.269 e. The molecule has 0 radical (unpaired) electrons. The average Bonchev–Trinajstić information content (AvgIpc) is 2.93. The monoisotopic (exact) mass is 513 g/mol. The summed E-state index contributed by atoms with van der Waals surface area (Å²) in [7, 11) is 1.59. The number of nitrogens with zero attached hydrogens (tertiary/aromatic N) is 1. The number of non-ortho nitro benzene ring substituents is 1. The van der Waals surface area contributed by atoms with E-state index in [0.29, 0.717) is 22.7 Å². The number of carbonyl (C=O) groups excluding carboxylic acids is 2. The number of nitrogens with one attached hydrogen (secondary N) is 2. The van der Waals surface area contributed by atoms with Crippen LogP contribution in [0.4, 0.5) is 17.1 Å². The third-order valence-corrected chi connectivity index (χ3v) is 6.67. The minimum absolute atomic E-state index is 0.0816. The molecule has 9 heteroatoms. The Morgan fingerprint density at radius 1 is 0.811 bits per heavy atom. The Morgan fingerprint density at radius 3 is 2.00 bits per heavy atom. The zero-order valence-corrected chi connectivity index (χ0v) is 20.6. The molecule has 8 nitrogen and oxygen atoms in total. The molecule has 0 bridgehead atoms. The first-order valence-electron chi connectivity index (χ1n) is 11.3. The van der Waals surface area contributed by atoms with E-state index in [1.54, 1.807) is 43.5 Å². The summed E-state index contributed by atoms with van der Waals surface area (Å²) in [5, 5.41) is 16.0. The van der Waals surface area contributed by atoms with E-state index in [4.69, 9.17) is 4.74 Å². The molecule has 186 valence electrons. The number of hydrogen-bond acceptors (Lipinski definition) is 6. The van der Waals surface area contributed by atoms with Crippen molar-refractivity contribution in [2.75, 3.05) is 17.7 Å². The lowest BCUT2D eigenvalue weighted by molar-refractivity contribution is -0.384. The van der Waals surface area contributed by atoms with Gasteiger partial charge in [-0.05, 0) is 66.2 Å². The van der Waals surface area contributed by atoms with Gasteiger partial charge >= 0.3 is 0 Å². The van der Waals surface area contributed by atoms with Gasteiger partial charge in [0, 0.05) is 34.0 Å². The maximum absolute atomic E-state index is 13.2. The standard InChI is InChI=1S/C28H23N3O5S/c1-36-24-15-9-21(10-16-24)30-28(33)26(19-5-3-2-4-6-19)37-25-17-11-22(12-18-25)29-27(32)20-7-13-23(14-8-20)31(34)35/h2-18,26H,1H3,(H,29,32)(H,30,33). The summed E-state index contributed by atoms with van der Waals surface area (Å²) in [4.78, 5) is 36.9. The Balaban J connectivity index is 1.45. The Labute approximate surface area is 217 Å². The zero-order valence-electron chi connectivity index (χ0n) is 19.8. The molecule has 4 aromatic rings. The molecule has 0 aromatic heterocycles. The SMILES string of the molecule is COc1ccc(NC(=O)C(Sc2ccc(NC(=O)c3ccc([N+](=O)[O-])cc3)cc2)c2ccccc2)cc1. The molecule has 4 aromatic carbocycles. The van der Waals surface area contributed by atoms with Crippen LogP contribution in [0.2, 0.25) is 0 Å². The number of rotatable bonds is 9. The van der Waals surface area contributed by atoms with Crippen molar-refractivity contribution in [3.63, 3.8) is 0 Å². The van der Waals surface area contributed by atoms with Crippen molar-refractivity contribution in [1.82, 2.24) is 0 Å². The van der Waals surface area contributed by atoms with Gasteiger partial charge < -0.3 is 15.4 Å². The fourth-order valence-electron chi connectivity index (χ4n) is 3.47. The maximum Gasteiger partial charge on any atom is 0.269 e. The molecular weight excluding hydrogens is 490 g/mol. The van der Waals surface area contributed by atoms with Gasteiger partial charge in [-0.15, -0.1) is 11.8 Å². The molecule has 0 aliphatic heterocycles. The Kier molecular flexibility index (Phi) is 8.17. The first kappa shape index (κ1) is 25.5. The summed E-state index contributed by atoms with van der Waals surface area (Å²) >= 11 is 1.39. The van der Waals surface area contributed by atoms with E-state index in [-0.39, 0.29) is 17.5 Å². The predicted octanol–water partition coefficient (Wildman–Crippen LogP) is 6.33. The Hall–Kier alpha value is -4.63. The molecule has 4 rings (SSSR count). The molecule has 0 saturated carbocycles. The fourth-order valence-corrected chi connectivity index (χ4v) is 4.50. The van der Waals surface area contributed by atoms with E-state index >= 15 is 0 Å². The third-order valence-electron chi connectivity index (χ3n) is 5.40. The van der Waals surface area contributed by atoms with Gasteiger partial charge in [0.15, 0.2) is 0 Å². The third kappa shape index (κ3) is 6.74. The zero-order chi connectivity index (χ0) is 26.2. The summed E-state index contributed by atoms with van der Waals surface area (Å²) in [6.07, 6.45) is 0. The molecule has 0 saturated heterocycles. The largest absolute Gasteiger partial charge is 0.497 e. The molecule has 0 heterocycles. The van der Waals surface area contributed by atoms with Crippen LogP contribution in [0.15, 0.2) is 108 Å². The number of hydrogen-bond donors (Lipinski definition) is 2. The number of carbonyl (C=O) groups is 2. The highest BCUT2D eigenvalue weighted by Crippen LogP contribution is 2.37. The van der Waals surface area contributed by atoms with Crippen molar-refractivity contribution >= 4 is 40.6 Å². The van der Waals surface area contributed by atoms with E-state index in [1.807, 2.05) is 42.5 Å². The van der Waals surface area contributed by atoms with E-state index < -0.39 is 10.2 Å². The summed E-state index contributed by atoms with van der Waals surface area (Å²) in [6, 6.07) is 29.1.